The number of unbranched alkanes of at least 4 members (excludes halogenated alkanes) is 1. The molecule has 0 heterocycles. The lowest BCUT2D eigenvalue weighted by Crippen LogP contribution is -2.16. The van der Waals surface area contributed by atoms with Gasteiger partial charge in [-0.3, -0.25) is 0 Å². The first-order chi connectivity index (χ1) is 9.26. The van der Waals surface area contributed by atoms with E-state index in [2.05, 4.69) is 11.6 Å². The Balaban J connectivity index is 2.70. The Morgan fingerprint density at radius 2 is 1.84 bits per heavy atom. The van der Waals surface area contributed by atoms with Crippen LogP contribution >= 0.6 is 11.8 Å². The molecule has 19 heavy (non-hydrogen) atoms. The maximum absolute atomic E-state index is 5.48. The van der Waals surface area contributed by atoms with Crippen molar-refractivity contribution in [1.29, 1.82) is 0 Å². The van der Waals surface area contributed by atoms with Gasteiger partial charge < -0.3 is 20.5 Å². The van der Waals surface area contributed by atoms with Crippen molar-refractivity contribution in [2.45, 2.75) is 24.3 Å². The zero-order chi connectivity index (χ0) is 14.1. The number of methoxy groups -OCH3 is 2. The summed E-state index contributed by atoms with van der Waals surface area (Å²) in [6.07, 6.45) is 4.24. The van der Waals surface area contributed by atoms with Crippen LogP contribution in [0.15, 0.2) is 17.0 Å². The molecule has 0 fully saturated rings. The minimum Gasteiger partial charge on any atom is -0.493 e. The third-order valence-corrected chi connectivity index (χ3v) is 3.73. The summed E-state index contributed by atoms with van der Waals surface area (Å²) < 4.78 is 10.7. The molecule has 0 aromatic heterocycles. The van der Waals surface area contributed by atoms with Crippen molar-refractivity contribution in [3.8, 4) is 11.5 Å². The topological polar surface area (TPSA) is 56.5 Å². The molecule has 0 atom stereocenters. The van der Waals surface area contributed by atoms with Gasteiger partial charge >= 0.3 is 0 Å². The fourth-order valence-corrected chi connectivity index (χ4v) is 2.47. The molecule has 108 valence electrons. The molecule has 0 saturated heterocycles. The van der Waals surface area contributed by atoms with E-state index in [1.54, 1.807) is 26.0 Å². The van der Waals surface area contributed by atoms with Crippen LogP contribution in [-0.2, 0) is 6.54 Å². The van der Waals surface area contributed by atoms with Gasteiger partial charge in [0.2, 0.25) is 0 Å². The Labute approximate surface area is 120 Å². The Morgan fingerprint density at radius 1 is 1.16 bits per heavy atom. The van der Waals surface area contributed by atoms with E-state index in [9.17, 15) is 0 Å². The van der Waals surface area contributed by atoms with Crippen LogP contribution in [0, 0.1) is 0 Å². The first-order valence-electron chi connectivity index (χ1n) is 6.46. The van der Waals surface area contributed by atoms with E-state index in [1.807, 2.05) is 12.1 Å². The van der Waals surface area contributed by atoms with Gasteiger partial charge in [-0.15, -0.1) is 11.8 Å². The summed E-state index contributed by atoms with van der Waals surface area (Å²) in [6, 6.07) is 4.07. The standard InChI is InChI=1S/C14H24N2O2S/c1-17-12-8-11(10-16-7-5-4-6-15)14(19-3)9-13(12)18-2/h8-9,16H,4-7,10,15H2,1-3H3. The summed E-state index contributed by atoms with van der Waals surface area (Å²) in [7, 11) is 3.32. The molecule has 0 saturated carbocycles. The van der Waals surface area contributed by atoms with Crippen molar-refractivity contribution >= 4 is 11.8 Å². The lowest BCUT2D eigenvalue weighted by atomic mass is 10.2. The number of thioether (sulfide) groups is 1. The van der Waals surface area contributed by atoms with Gasteiger partial charge in [0.25, 0.3) is 0 Å². The van der Waals surface area contributed by atoms with Crippen LogP contribution in [0.4, 0.5) is 0 Å². The molecule has 1 aromatic rings. The molecule has 0 aliphatic heterocycles. The van der Waals surface area contributed by atoms with Gasteiger partial charge in [-0.25, -0.2) is 0 Å². The number of nitrogens with two attached hydrogens (primary N) is 1. The van der Waals surface area contributed by atoms with E-state index >= 15 is 0 Å². The predicted octanol–water partition coefficient (Wildman–Crippen LogP) is 2.25. The Bertz CT molecular complexity index is 386. The average molecular weight is 284 g/mol. The average Bonchev–Trinajstić information content (AvgIpc) is 2.46. The zero-order valence-electron chi connectivity index (χ0n) is 12.0. The first kappa shape index (κ1) is 16.1. The van der Waals surface area contributed by atoms with Crippen LogP contribution in [-0.4, -0.2) is 33.6 Å². The second kappa shape index (κ2) is 9.07. The third kappa shape index (κ3) is 4.93. The van der Waals surface area contributed by atoms with Crippen LogP contribution in [0.2, 0.25) is 0 Å². The third-order valence-electron chi connectivity index (χ3n) is 2.91. The summed E-state index contributed by atoms with van der Waals surface area (Å²) in [6.45, 7) is 2.58. The van der Waals surface area contributed by atoms with E-state index in [4.69, 9.17) is 15.2 Å². The zero-order valence-corrected chi connectivity index (χ0v) is 12.8. The highest BCUT2D eigenvalue weighted by molar-refractivity contribution is 7.98. The van der Waals surface area contributed by atoms with E-state index in [0.29, 0.717) is 0 Å². The monoisotopic (exact) mass is 284 g/mol. The molecule has 0 spiro atoms. The molecule has 1 aromatic carbocycles. The molecular formula is C14H24N2O2S. The van der Waals surface area contributed by atoms with Gasteiger partial charge in [-0.1, -0.05) is 0 Å². The largest absolute Gasteiger partial charge is 0.493 e. The van der Waals surface area contributed by atoms with E-state index in [0.717, 1.165) is 44.0 Å². The molecule has 0 aliphatic rings. The number of rotatable bonds is 9. The number of hydrogen-bond acceptors (Lipinski definition) is 5. The van der Waals surface area contributed by atoms with Crippen molar-refractivity contribution in [2.75, 3.05) is 33.6 Å². The van der Waals surface area contributed by atoms with Gasteiger partial charge in [0.15, 0.2) is 11.5 Å². The van der Waals surface area contributed by atoms with Gasteiger partial charge in [-0.2, -0.15) is 0 Å². The van der Waals surface area contributed by atoms with E-state index < -0.39 is 0 Å². The lowest BCUT2D eigenvalue weighted by Gasteiger charge is -2.14. The summed E-state index contributed by atoms with van der Waals surface area (Å²) in [5.41, 5.74) is 6.71. The number of ether oxygens (including phenoxy) is 2. The van der Waals surface area contributed by atoms with Crippen molar-refractivity contribution in [3.05, 3.63) is 17.7 Å². The minimum atomic E-state index is 0.758. The fourth-order valence-electron chi connectivity index (χ4n) is 1.85. The maximum atomic E-state index is 5.48. The fraction of sp³-hybridized carbons (Fsp3) is 0.571. The van der Waals surface area contributed by atoms with Crippen LogP contribution in [0.5, 0.6) is 11.5 Å². The Kier molecular flexibility index (Phi) is 7.70. The van der Waals surface area contributed by atoms with Crippen LogP contribution in [0.1, 0.15) is 18.4 Å². The Morgan fingerprint density at radius 3 is 2.42 bits per heavy atom. The molecule has 0 amide bonds. The first-order valence-corrected chi connectivity index (χ1v) is 7.69. The second-order valence-electron chi connectivity index (χ2n) is 4.19. The van der Waals surface area contributed by atoms with E-state index in [-0.39, 0.29) is 0 Å². The molecule has 0 aliphatic carbocycles. The van der Waals surface area contributed by atoms with Crippen LogP contribution in [0.25, 0.3) is 0 Å². The number of benzene rings is 1. The normalized spacial score (nSPS) is 10.5. The quantitative estimate of drug-likeness (QED) is 0.538. The number of hydrogen-bond donors (Lipinski definition) is 2. The lowest BCUT2D eigenvalue weighted by molar-refractivity contribution is 0.353. The maximum Gasteiger partial charge on any atom is 0.161 e. The predicted molar refractivity (Wildman–Crippen MR) is 81.3 cm³/mol. The highest BCUT2D eigenvalue weighted by Crippen LogP contribution is 2.34. The summed E-state index contributed by atoms with van der Waals surface area (Å²) >= 11 is 1.72. The minimum absolute atomic E-state index is 0.758. The molecule has 0 unspecified atom stereocenters. The highest BCUT2D eigenvalue weighted by Gasteiger charge is 2.10. The van der Waals surface area contributed by atoms with Crippen LogP contribution in [0.3, 0.4) is 0 Å². The second-order valence-corrected chi connectivity index (χ2v) is 5.04. The van der Waals surface area contributed by atoms with Crippen molar-refractivity contribution in [2.24, 2.45) is 5.73 Å². The summed E-state index contributed by atoms with van der Waals surface area (Å²) in [5.74, 6) is 1.55. The van der Waals surface area contributed by atoms with Gasteiger partial charge in [0.05, 0.1) is 14.2 Å². The Hall–Kier alpha value is -0.910. The SMILES string of the molecule is COc1cc(CNCCCCN)c(SC)cc1OC. The molecule has 5 heteroatoms. The molecular weight excluding hydrogens is 260 g/mol. The van der Waals surface area contributed by atoms with Gasteiger partial charge in [0, 0.05) is 11.4 Å². The molecule has 1 rings (SSSR count). The van der Waals surface area contributed by atoms with E-state index in [1.165, 1.54) is 10.5 Å². The molecule has 0 radical (unpaired) electrons. The summed E-state index contributed by atoms with van der Waals surface area (Å²) in [5, 5.41) is 3.43. The van der Waals surface area contributed by atoms with Crippen LogP contribution < -0.4 is 20.5 Å². The molecule has 4 nitrogen and oxygen atoms in total. The summed E-state index contributed by atoms with van der Waals surface area (Å²) in [4.78, 5) is 1.21. The number of nitrogens with one attached hydrogen (secondary N) is 1. The van der Waals surface area contributed by atoms with Crippen molar-refractivity contribution in [3.63, 3.8) is 0 Å². The van der Waals surface area contributed by atoms with Gasteiger partial charge in [-0.05, 0) is 49.9 Å². The molecule has 0 bridgehead atoms. The molecule has 3 N–H and O–H groups in total. The highest BCUT2D eigenvalue weighted by atomic mass is 32.2. The van der Waals surface area contributed by atoms with Crippen molar-refractivity contribution < 1.29 is 9.47 Å². The smallest absolute Gasteiger partial charge is 0.161 e. The van der Waals surface area contributed by atoms with Crippen molar-refractivity contribution in [1.82, 2.24) is 5.32 Å². The van der Waals surface area contributed by atoms with Gasteiger partial charge in [0.1, 0.15) is 0 Å².